The molecule has 0 bridgehead atoms. The number of hydrogen-bond acceptors (Lipinski definition) is 12. The molecule has 4 rings (SSSR count). The molecule has 2 aromatic carbocycles. The fourth-order valence-electron chi connectivity index (χ4n) is 3.49. The van der Waals surface area contributed by atoms with Gasteiger partial charge in [0, 0.05) is 32.6 Å². The average Bonchev–Trinajstić information content (AvgIpc) is 3.44. The lowest BCUT2D eigenvalue weighted by Gasteiger charge is -2.17. The molecule has 0 fully saturated rings. The second kappa shape index (κ2) is 9.68. The van der Waals surface area contributed by atoms with E-state index in [1.54, 1.807) is 0 Å². The van der Waals surface area contributed by atoms with Crippen LogP contribution in [0.4, 0.5) is 11.4 Å². The Labute approximate surface area is 213 Å². The van der Waals surface area contributed by atoms with E-state index in [0.717, 1.165) is 27.8 Å². The highest BCUT2D eigenvalue weighted by molar-refractivity contribution is 7.89. The summed E-state index contributed by atoms with van der Waals surface area (Å²) in [4.78, 5) is 21.4. The van der Waals surface area contributed by atoms with Crippen LogP contribution < -0.4 is 9.47 Å². The van der Waals surface area contributed by atoms with Crippen molar-refractivity contribution in [2.75, 3.05) is 28.3 Å². The van der Waals surface area contributed by atoms with Crippen molar-refractivity contribution < 1.29 is 27.7 Å². The standard InChI is InChI=1S/C20H19N7O8S2/c1-24(2)37(32,33)17-10-16(35-4)15(34-3)7-11(17)8-18-21-22-20-25(18)23-19(36-20)13-6-5-12(26(28)29)9-14(13)27(30)31/h5-7,9-10H,8H2,1-4H3. The van der Waals surface area contributed by atoms with Crippen LogP contribution in [0.2, 0.25) is 0 Å². The summed E-state index contributed by atoms with van der Waals surface area (Å²) in [7, 11) is 1.71. The quantitative estimate of drug-likeness (QED) is 0.221. The van der Waals surface area contributed by atoms with Crippen molar-refractivity contribution in [3.63, 3.8) is 0 Å². The molecule has 0 unspecified atom stereocenters. The molecule has 0 radical (unpaired) electrons. The van der Waals surface area contributed by atoms with E-state index >= 15 is 0 Å². The van der Waals surface area contributed by atoms with Gasteiger partial charge in [-0.3, -0.25) is 20.2 Å². The largest absolute Gasteiger partial charge is 0.493 e. The fourth-order valence-corrected chi connectivity index (χ4v) is 5.49. The van der Waals surface area contributed by atoms with Crippen molar-refractivity contribution >= 4 is 37.7 Å². The third kappa shape index (κ3) is 4.66. The molecule has 0 aliphatic carbocycles. The number of nitrogens with zero attached hydrogens (tertiary/aromatic N) is 7. The fraction of sp³-hybridized carbons (Fsp3) is 0.250. The SMILES string of the molecule is COc1cc(Cc2nnc3sc(-c4ccc([N+](=O)[O-])cc4[N+](=O)[O-])nn23)c(S(=O)(=O)N(C)C)cc1OC. The Bertz CT molecular complexity index is 1650. The van der Waals surface area contributed by atoms with Crippen LogP contribution in [0.3, 0.4) is 0 Å². The van der Waals surface area contributed by atoms with Crippen molar-refractivity contribution in [3.05, 3.63) is 61.9 Å². The molecule has 0 aliphatic rings. The number of hydrogen-bond donors (Lipinski definition) is 0. The van der Waals surface area contributed by atoms with Crippen molar-refractivity contribution in [1.82, 2.24) is 24.1 Å². The van der Waals surface area contributed by atoms with E-state index in [-0.39, 0.29) is 38.4 Å². The molecule has 2 aromatic heterocycles. The Hall–Kier alpha value is -4.22. The van der Waals surface area contributed by atoms with Crippen LogP contribution in [0.15, 0.2) is 35.2 Å². The molecular formula is C20H19N7O8S2. The maximum Gasteiger partial charge on any atom is 0.286 e. The average molecular weight is 550 g/mol. The van der Waals surface area contributed by atoms with Gasteiger partial charge < -0.3 is 9.47 Å². The summed E-state index contributed by atoms with van der Waals surface area (Å²) < 4.78 is 39.1. The predicted octanol–water partition coefficient (Wildman–Crippen LogP) is 2.53. The van der Waals surface area contributed by atoms with E-state index < -0.39 is 31.2 Å². The molecule has 0 aliphatic heterocycles. The van der Waals surface area contributed by atoms with Crippen LogP contribution >= 0.6 is 11.3 Å². The lowest BCUT2D eigenvalue weighted by Crippen LogP contribution is -2.23. The number of ether oxygens (including phenoxy) is 2. The summed E-state index contributed by atoms with van der Waals surface area (Å²) in [6.07, 6.45) is -0.0323. The minimum absolute atomic E-state index is 0.0323. The molecule has 4 aromatic rings. The van der Waals surface area contributed by atoms with E-state index in [9.17, 15) is 28.6 Å². The Morgan fingerprint density at radius 3 is 2.30 bits per heavy atom. The Balaban J connectivity index is 1.83. The first-order valence-corrected chi connectivity index (χ1v) is 12.5. The number of nitro groups is 2. The summed E-state index contributed by atoms with van der Waals surface area (Å²) in [6.45, 7) is 0. The van der Waals surface area contributed by atoms with Crippen molar-refractivity contribution in [1.29, 1.82) is 0 Å². The maximum absolute atomic E-state index is 13.0. The van der Waals surface area contributed by atoms with Gasteiger partial charge in [0.2, 0.25) is 15.0 Å². The lowest BCUT2D eigenvalue weighted by atomic mass is 10.1. The third-order valence-electron chi connectivity index (χ3n) is 5.35. The molecule has 0 spiro atoms. The summed E-state index contributed by atoms with van der Waals surface area (Å²) in [5, 5.41) is 35.3. The van der Waals surface area contributed by atoms with Crippen LogP contribution in [0.5, 0.6) is 11.5 Å². The first kappa shape index (κ1) is 25.9. The summed E-state index contributed by atoms with van der Waals surface area (Å²) in [5.41, 5.74) is -0.516. The van der Waals surface area contributed by atoms with E-state index in [1.165, 1.54) is 51.0 Å². The highest BCUT2D eigenvalue weighted by Gasteiger charge is 2.27. The summed E-state index contributed by atoms with van der Waals surface area (Å²) in [5.74, 6) is 0.778. The smallest absolute Gasteiger partial charge is 0.286 e. The van der Waals surface area contributed by atoms with Crippen LogP contribution in [0, 0.1) is 20.2 Å². The van der Waals surface area contributed by atoms with E-state index in [2.05, 4.69) is 15.3 Å². The van der Waals surface area contributed by atoms with E-state index in [0.29, 0.717) is 11.3 Å². The molecule has 0 saturated carbocycles. The third-order valence-corrected chi connectivity index (χ3v) is 8.18. The van der Waals surface area contributed by atoms with Gasteiger partial charge in [-0.1, -0.05) is 11.3 Å². The number of benzene rings is 2. The summed E-state index contributed by atoms with van der Waals surface area (Å²) in [6, 6.07) is 6.13. The first-order chi connectivity index (χ1) is 17.5. The Morgan fingerprint density at radius 2 is 1.70 bits per heavy atom. The molecule has 2 heterocycles. The number of aromatic nitrogens is 4. The van der Waals surface area contributed by atoms with Gasteiger partial charge in [-0.05, 0) is 17.7 Å². The predicted molar refractivity (Wildman–Crippen MR) is 131 cm³/mol. The first-order valence-electron chi connectivity index (χ1n) is 10.3. The number of fused-ring (bicyclic) bond motifs is 1. The molecule has 0 atom stereocenters. The molecule has 0 N–H and O–H groups in total. The van der Waals surface area contributed by atoms with Crippen LogP contribution in [-0.4, -0.2) is 70.7 Å². The van der Waals surface area contributed by atoms with E-state index in [4.69, 9.17) is 9.47 Å². The number of rotatable bonds is 9. The van der Waals surface area contributed by atoms with Gasteiger partial charge >= 0.3 is 0 Å². The Kier molecular flexibility index (Phi) is 6.76. The monoisotopic (exact) mass is 549 g/mol. The van der Waals surface area contributed by atoms with Gasteiger partial charge in [0.25, 0.3) is 11.4 Å². The molecule has 37 heavy (non-hydrogen) atoms. The zero-order chi connectivity index (χ0) is 27.1. The van der Waals surface area contributed by atoms with Crippen LogP contribution in [-0.2, 0) is 16.4 Å². The number of methoxy groups -OCH3 is 2. The van der Waals surface area contributed by atoms with Crippen molar-refractivity contribution in [2.24, 2.45) is 0 Å². The second-order valence-electron chi connectivity index (χ2n) is 7.71. The number of sulfonamides is 1. The van der Waals surface area contributed by atoms with Gasteiger partial charge in [0.15, 0.2) is 22.3 Å². The van der Waals surface area contributed by atoms with Gasteiger partial charge in [-0.2, -0.15) is 9.61 Å². The lowest BCUT2D eigenvalue weighted by molar-refractivity contribution is -0.393. The van der Waals surface area contributed by atoms with Crippen LogP contribution in [0.1, 0.15) is 11.4 Å². The molecule has 17 heteroatoms. The Morgan fingerprint density at radius 1 is 1.03 bits per heavy atom. The maximum atomic E-state index is 13.0. The highest BCUT2D eigenvalue weighted by Crippen LogP contribution is 2.37. The minimum atomic E-state index is -3.89. The molecular weight excluding hydrogens is 530 g/mol. The van der Waals surface area contributed by atoms with Crippen molar-refractivity contribution in [2.45, 2.75) is 11.3 Å². The topological polar surface area (TPSA) is 185 Å². The second-order valence-corrected chi connectivity index (χ2v) is 10.8. The molecule has 15 nitrogen and oxygen atoms in total. The van der Waals surface area contributed by atoms with E-state index in [1.807, 2.05) is 0 Å². The molecule has 0 saturated heterocycles. The van der Waals surface area contributed by atoms with Crippen molar-refractivity contribution in [3.8, 4) is 22.1 Å². The van der Waals surface area contributed by atoms with Gasteiger partial charge in [-0.25, -0.2) is 12.7 Å². The molecule has 0 amide bonds. The van der Waals surface area contributed by atoms with Gasteiger partial charge in [-0.15, -0.1) is 10.2 Å². The summed E-state index contributed by atoms with van der Waals surface area (Å²) >= 11 is 0.989. The zero-order valence-electron chi connectivity index (χ0n) is 19.8. The number of non-ortho nitro benzene ring substituents is 1. The minimum Gasteiger partial charge on any atom is -0.493 e. The highest BCUT2D eigenvalue weighted by atomic mass is 32.2. The van der Waals surface area contributed by atoms with Crippen LogP contribution in [0.25, 0.3) is 15.5 Å². The van der Waals surface area contributed by atoms with Gasteiger partial charge in [0.1, 0.15) is 0 Å². The van der Waals surface area contributed by atoms with Gasteiger partial charge in [0.05, 0.1) is 40.6 Å². The molecule has 194 valence electrons. The zero-order valence-corrected chi connectivity index (χ0v) is 21.4. The number of nitro benzene ring substituents is 2. The normalized spacial score (nSPS) is 11.7.